The fourth-order valence-electron chi connectivity index (χ4n) is 2.39. The second-order valence-electron chi connectivity index (χ2n) is 4.59. The molecule has 0 bridgehead atoms. The molecule has 4 nitrogen and oxygen atoms in total. The molecule has 0 aliphatic carbocycles. The molecule has 0 aromatic heterocycles. The van der Waals surface area contributed by atoms with Crippen LogP contribution in [0.25, 0.3) is 0 Å². The highest BCUT2D eigenvalue weighted by molar-refractivity contribution is 5.94. The molecule has 0 radical (unpaired) electrons. The molecule has 1 aliphatic heterocycles. The van der Waals surface area contributed by atoms with E-state index < -0.39 is 12.1 Å². The van der Waals surface area contributed by atoms with E-state index in [1.165, 1.54) is 12.1 Å². The maximum absolute atomic E-state index is 11.8. The van der Waals surface area contributed by atoms with Gasteiger partial charge in [0, 0.05) is 5.56 Å². The number of benzene rings is 2. The number of carbonyl (C=O) groups is 1. The summed E-state index contributed by atoms with van der Waals surface area (Å²) < 4.78 is 5.26. The van der Waals surface area contributed by atoms with Crippen molar-refractivity contribution in [2.45, 2.75) is 13.0 Å². The predicted octanol–water partition coefficient (Wildman–Crippen LogP) is 2.67. The number of phenolic OH excluding ortho intramolecular Hbond substituents is 2. The lowest BCUT2D eigenvalue weighted by molar-refractivity contribution is 0.0450. The molecule has 1 atom stereocenters. The number of esters is 1. The van der Waals surface area contributed by atoms with Crippen LogP contribution in [0.5, 0.6) is 11.5 Å². The highest BCUT2D eigenvalue weighted by Crippen LogP contribution is 2.43. The number of aromatic hydroxyl groups is 2. The van der Waals surface area contributed by atoms with Crippen LogP contribution in [0.15, 0.2) is 36.4 Å². The van der Waals surface area contributed by atoms with E-state index in [1.54, 1.807) is 31.2 Å². The first-order chi connectivity index (χ1) is 9.08. The number of fused-ring (bicyclic) bond motifs is 1. The first-order valence-electron chi connectivity index (χ1n) is 5.90. The second kappa shape index (κ2) is 4.02. The van der Waals surface area contributed by atoms with Crippen molar-refractivity contribution in [1.82, 2.24) is 0 Å². The molecule has 96 valence electrons. The molecule has 1 aliphatic rings. The third kappa shape index (κ3) is 1.73. The SMILES string of the molecule is Cc1cc(O)c(C2OC(=O)c3ccccc32)c(O)c1. The number of hydrogen-bond donors (Lipinski definition) is 2. The van der Waals surface area contributed by atoms with Gasteiger partial charge in [-0.3, -0.25) is 0 Å². The molecular weight excluding hydrogens is 244 g/mol. The van der Waals surface area contributed by atoms with Gasteiger partial charge in [-0.2, -0.15) is 0 Å². The van der Waals surface area contributed by atoms with Crippen LogP contribution < -0.4 is 0 Å². The van der Waals surface area contributed by atoms with E-state index in [0.717, 1.165) is 5.56 Å². The summed E-state index contributed by atoms with van der Waals surface area (Å²) in [5.74, 6) is -0.598. The van der Waals surface area contributed by atoms with Gasteiger partial charge in [0.15, 0.2) is 6.10 Å². The van der Waals surface area contributed by atoms with E-state index in [2.05, 4.69) is 0 Å². The summed E-state index contributed by atoms with van der Waals surface area (Å²) in [7, 11) is 0. The number of phenols is 2. The second-order valence-corrected chi connectivity index (χ2v) is 4.59. The molecule has 0 amide bonds. The van der Waals surface area contributed by atoms with E-state index in [-0.39, 0.29) is 17.1 Å². The van der Waals surface area contributed by atoms with Gasteiger partial charge < -0.3 is 14.9 Å². The first kappa shape index (κ1) is 11.6. The quantitative estimate of drug-likeness (QED) is 0.770. The number of ether oxygens (including phenoxy) is 1. The summed E-state index contributed by atoms with van der Waals surface area (Å²) in [5.41, 5.74) is 2.08. The molecule has 19 heavy (non-hydrogen) atoms. The van der Waals surface area contributed by atoms with Gasteiger partial charge in [-0.25, -0.2) is 4.79 Å². The Morgan fingerprint density at radius 2 is 1.74 bits per heavy atom. The molecule has 0 saturated heterocycles. The van der Waals surface area contributed by atoms with Crippen LogP contribution in [0.3, 0.4) is 0 Å². The zero-order valence-corrected chi connectivity index (χ0v) is 10.3. The van der Waals surface area contributed by atoms with Crippen LogP contribution in [-0.2, 0) is 4.74 Å². The Balaban J connectivity index is 2.18. The molecule has 1 heterocycles. The van der Waals surface area contributed by atoms with Crippen LogP contribution in [-0.4, -0.2) is 16.2 Å². The molecule has 4 heteroatoms. The lowest BCUT2D eigenvalue weighted by Gasteiger charge is -2.15. The maximum atomic E-state index is 11.8. The van der Waals surface area contributed by atoms with Gasteiger partial charge in [-0.1, -0.05) is 18.2 Å². The van der Waals surface area contributed by atoms with Crippen LogP contribution in [0, 0.1) is 6.92 Å². The molecule has 0 spiro atoms. The first-order valence-corrected chi connectivity index (χ1v) is 5.90. The van der Waals surface area contributed by atoms with Gasteiger partial charge >= 0.3 is 5.97 Å². The Kier molecular flexibility index (Phi) is 2.45. The van der Waals surface area contributed by atoms with Crippen molar-refractivity contribution in [2.75, 3.05) is 0 Å². The van der Waals surface area contributed by atoms with Crippen molar-refractivity contribution in [3.05, 3.63) is 58.7 Å². The topological polar surface area (TPSA) is 66.8 Å². The minimum atomic E-state index is -0.760. The van der Waals surface area contributed by atoms with Gasteiger partial charge in [0.05, 0.1) is 11.1 Å². The van der Waals surface area contributed by atoms with E-state index in [4.69, 9.17) is 4.74 Å². The van der Waals surface area contributed by atoms with Gasteiger partial charge in [0.25, 0.3) is 0 Å². The van der Waals surface area contributed by atoms with Crippen molar-refractivity contribution >= 4 is 5.97 Å². The molecular formula is C15H12O4. The van der Waals surface area contributed by atoms with E-state index >= 15 is 0 Å². The summed E-state index contributed by atoms with van der Waals surface area (Å²) in [5, 5.41) is 20.0. The van der Waals surface area contributed by atoms with Crippen molar-refractivity contribution in [3.8, 4) is 11.5 Å². The molecule has 2 aromatic carbocycles. The summed E-state index contributed by atoms with van der Waals surface area (Å²) in [6.07, 6.45) is -0.760. The Morgan fingerprint density at radius 1 is 1.11 bits per heavy atom. The van der Waals surface area contributed by atoms with E-state index in [9.17, 15) is 15.0 Å². The van der Waals surface area contributed by atoms with E-state index in [0.29, 0.717) is 11.1 Å². The minimum absolute atomic E-state index is 0.0768. The Morgan fingerprint density at radius 3 is 2.42 bits per heavy atom. The van der Waals surface area contributed by atoms with Gasteiger partial charge in [0.1, 0.15) is 11.5 Å². The third-order valence-electron chi connectivity index (χ3n) is 3.23. The summed E-state index contributed by atoms with van der Waals surface area (Å²) in [4.78, 5) is 11.8. The van der Waals surface area contributed by atoms with E-state index in [1.807, 2.05) is 0 Å². The number of rotatable bonds is 1. The number of carbonyl (C=O) groups excluding carboxylic acids is 1. The smallest absolute Gasteiger partial charge is 0.339 e. The average Bonchev–Trinajstić information content (AvgIpc) is 2.67. The monoisotopic (exact) mass is 256 g/mol. The zero-order chi connectivity index (χ0) is 13.6. The van der Waals surface area contributed by atoms with Crippen molar-refractivity contribution in [2.24, 2.45) is 0 Å². The third-order valence-corrected chi connectivity index (χ3v) is 3.23. The summed E-state index contributed by atoms with van der Waals surface area (Å²) >= 11 is 0. The maximum Gasteiger partial charge on any atom is 0.339 e. The Bertz CT molecular complexity index is 653. The Labute approximate surface area is 109 Å². The lowest BCUT2D eigenvalue weighted by Crippen LogP contribution is -2.02. The molecule has 0 fully saturated rings. The molecule has 0 saturated carbocycles. The van der Waals surface area contributed by atoms with Gasteiger partial charge in [-0.05, 0) is 30.7 Å². The van der Waals surface area contributed by atoms with Crippen molar-refractivity contribution in [3.63, 3.8) is 0 Å². The largest absolute Gasteiger partial charge is 0.507 e. The summed E-state index contributed by atoms with van der Waals surface area (Å²) in [6, 6.07) is 10.0. The normalized spacial score (nSPS) is 17.1. The molecule has 2 N–H and O–H groups in total. The van der Waals surface area contributed by atoms with Crippen LogP contribution >= 0.6 is 0 Å². The number of aryl methyl sites for hydroxylation is 1. The predicted molar refractivity (Wildman–Crippen MR) is 68.2 cm³/mol. The van der Waals surface area contributed by atoms with Crippen LogP contribution in [0.4, 0.5) is 0 Å². The number of cyclic esters (lactones) is 1. The highest BCUT2D eigenvalue weighted by atomic mass is 16.5. The fourth-order valence-corrected chi connectivity index (χ4v) is 2.39. The average molecular weight is 256 g/mol. The Hall–Kier alpha value is -2.49. The fraction of sp³-hybridized carbons (Fsp3) is 0.133. The molecule has 3 rings (SSSR count). The van der Waals surface area contributed by atoms with Gasteiger partial charge in [0.2, 0.25) is 0 Å². The lowest BCUT2D eigenvalue weighted by atomic mass is 9.97. The van der Waals surface area contributed by atoms with Crippen LogP contribution in [0.1, 0.15) is 33.2 Å². The number of hydrogen-bond acceptors (Lipinski definition) is 4. The highest BCUT2D eigenvalue weighted by Gasteiger charge is 2.35. The van der Waals surface area contributed by atoms with Crippen molar-refractivity contribution in [1.29, 1.82) is 0 Å². The zero-order valence-electron chi connectivity index (χ0n) is 10.3. The minimum Gasteiger partial charge on any atom is -0.507 e. The molecule has 2 aromatic rings. The summed E-state index contributed by atoms with van der Waals surface area (Å²) in [6.45, 7) is 1.76. The molecule has 1 unspecified atom stereocenters. The standard InChI is InChI=1S/C15H12O4/c1-8-6-11(16)13(12(17)7-8)14-9-4-2-3-5-10(9)15(18)19-14/h2-7,14,16-17H,1H3. The van der Waals surface area contributed by atoms with Gasteiger partial charge in [-0.15, -0.1) is 0 Å². The van der Waals surface area contributed by atoms with Crippen molar-refractivity contribution < 1.29 is 19.7 Å². The van der Waals surface area contributed by atoms with Crippen LogP contribution in [0.2, 0.25) is 0 Å².